The standard InChI is InChI=1S/C23H23N3O/c1-26-15-21(17-7-3-2-4-8-17)22(16-26)23(27)25-20-11-5-9-18(13-20)19-10-6-12-24-14-19/h2-14,21-22H,15-16H2,1H3,(H,25,27)/t21-,22+/m1/s1. The molecule has 2 heterocycles. The highest BCUT2D eigenvalue weighted by atomic mass is 16.2. The number of carbonyl (C=O) groups is 1. The monoisotopic (exact) mass is 357 g/mol. The van der Waals surface area contributed by atoms with Crippen LogP contribution >= 0.6 is 0 Å². The van der Waals surface area contributed by atoms with Gasteiger partial charge >= 0.3 is 0 Å². The number of hydrogen-bond acceptors (Lipinski definition) is 3. The van der Waals surface area contributed by atoms with Crippen LogP contribution in [0.4, 0.5) is 5.69 Å². The summed E-state index contributed by atoms with van der Waals surface area (Å²) in [5.74, 6) is 0.244. The van der Waals surface area contributed by atoms with Gasteiger partial charge in [0.1, 0.15) is 0 Å². The van der Waals surface area contributed by atoms with Gasteiger partial charge in [-0.2, -0.15) is 0 Å². The van der Waals surface area contributed by atoms with Crippen LogP contribution in [0.5, 0.6) is 0 Å². The topological polar surface area (TPSA) is 45.2 Å². The fourth-order valence-corrected chi connectivity index (χ4v) is 3.85. The molecule has 4 heteroatoms. The van der Waals surface area contributed by atoms with E-state index in [2.05, 4.69) is 34.4 Å². The summed E-state index contributed by atoms with van der Waals surface area (Å²) in [6.45, 7) is 1.67. The van der Waals surface area contributed by atoms with Crippen molar-refractivity contribution in [3.63, 3.8) is 0 Å². The first kappa shape index (κ1) is 17.4. The Hall–Kier alpha value is -2.98. The largest absolute Gasteiger partial charge is 0.326 e. The van der Waals surface area contributed by atoms with Gasteiger partial charge in [0.05, 0.1) is 5.92 Å². The molecule has 0 radical (unpaired) electrons. The van der Waals surface area contributed by atoms with Crippen molar-refractivity contribution < 1.29 is 4.79 Å². The molecule has 136 valence electrons. The Labute approximate surface area is 159 Å². The molecule has 1 aliphatic heterocycles. The molecule has 4 nitrogen and oxygen atoms in total. The van der Waals surface area contributed by atoms with Crippen molar-refractivity contribution >= 4 is 11.6 Å². The predicted octanol–water partition coefficient (Wildman–Crippen LogP) is 4.03. The van der Waals surface area contributed by atoms with Crippen molar-refractivity contribution in [2.24, 2.45) is 5.92 Å². The number of amides is 1. The van der Waals surface area contributed by atoms with E-state index in [1.54, 1.807) is 6.20 Å². The Bertz CT molecular complexity index is 911. The first-order valence-corrected chi connectivity index (χ1v) is 9.25. The Morgan fingerprint density at radius 3 is 2.59 bits per heavy atom. The molecule has 27 heavy (non-hydrogen) atoms. The summed E-state index contributed by atoms with van der Waals surface area (Å²) in [6, 6.07) is 22.2. The number of carbonyl (C=O) groups excluding carboxylic acids is 1. The van der Waals surface area contributed by atoms with Gasteiger partial charge in [-0.3, -0.25) is 9.78 Å². The van der Waals surface area contributed by atoms with Crippen molar-refractivity contribution in [3.05, 3.63) is 84.7 Å². The molecule has 4 rings (SSSR count). The van der Waals surface area contributed by atoms with Crippen LogP contribution in [0.3, 0.4) is 0 Å². The number of rotatable bonds is 4. The Kier molecular flexibility index (Phi) is 4.99. The van der Waals surface area contributed by atoms with Crippen LogP contribution in [0.2, 0.25) is 0 Å². The summed E-state index contributed by atoms with van der Waals surface area (Å²) in [5, 5.41) is 3.13. The van der Waals surface area contributed by atoms with Gasteiger partial charge in [0.25, 0.3) is 0 Å². The van der Waals surface area contributed by atoms with Gasteiger partial charge in [0.2, 0.25) is 5.91 Å². The minimum atomic E-state index is -0.0561. The number of aromatic nitrogens is 1. The maximum absolute atomic E-state index is 13.0. The van der Waals surface area contributed by atoms with Gasteiger partial charge in [-0.25, -0.2) is 0 Å². The van der Waals surface area contributed by atoms with Crippen molar-refractivity contribution in [2.45, 2.75) is 5.92 Å². The van der Waals surface area contributed by atoms with E-state index in [-0.39, 0.29) is 17.7 Å². The van der Waals surface area contributed by atoms with Crippen LogP contribution < -0.4 is 5.32 Å². The molecule has 1 saturated heterocycles. The van der Waals surface area contributed by atoms with E-state index in [0.29, 0.717) is 0 Å². The molecule has 1 N–H and O–H groups in total. The molecular formula is C23H23N3O. The summed E-state index contributed by atoms with van der Waals surface area (Å²) in [4.78, 5) is 19.4. The molecule has 0 saturated carbocycles. The number of likely N-dealkylation sites (N-methyl/N-ethyl adjacent to an activating group) is 1. The molecule has 0 unspecified atom stereocenters. The lowest BCUT2D eigenvalue weighted by Crippen LogP contribution is -2.28. The fourth-order valence-electron chi connectivity index (χ4n) is 3.85. The van der Waals surface area contributed by atoms with Crippen molar-refractivity contribution in [3.8, 4) is 11.1 Å². The Balaban J connectivity index is 1.53. The van der Waals surface area contributed by atoms with Crippen LogP contribution in [0.1, 0.15) is 11.5 Å². The van der Waals surface area contributed by atoms with Gasteiger partial charge < -0.3 is 10.2 Å². The van der Waals surface area contributed by atoms with Gasteiger partial charge in [-0.1, -0.05) is 48.5 Å². The van der Waals surface area contributed by atoms with E-state index in [9.17, 15) is 4.79 Å². The number of nitrogens with zero attached hydrogens (tertiary/aromatic N) is 2. The van der Waals surface area contributed by atoms with Crippen molar-refractivity contribution in [2.75, 3.05) is 25.5 Å². The highest BCUT2D eigenvalue weighted by molar-refractivity contribution is 5.94. The zero-order valence-electron chi connectivity index (χ0n) is 15.4. The maximum atomic E-state index is 13.0. The minimum Gasteiger partial charge on any atom is -0.326 e. The highest BCUT2D eigenvalue weighted by Gasteiger charge is 2.36. The van der Waals surface area contributed by atoms with E-state index in [0.717, 1.165) is 29.9 Å². The SMILES string of the molecule is CN1C[C@H](C(=O)Nc2cccc(-c3cccnc3)c2)[C@@H](c2ccccc2)C1. The summed E-state index contributed by atoms with van der Waals surface area (Å²) in [5.41, 5.74) is 4.13. The van der Waals surface area contributed by atoms with Crippen LogP contribution in [-0.2, 0) is 4.79 Å². The zero-order valence-corrected chi connectivity index (χ0v) is 15.4. The first-order valence-electron chi connectivity index (χ1n) is 9.25. The lowest BCUT2D eigenvalue weighted by Gasteiger charge is -2.19. The molecule has 1 amide bonds. The van der Waals surface area contributed by atoms with Gasteiger partial charge in [0, 0.05) is 42.7 Å². The summed E-state index contributed by atoms with van der Waals surface area (Å²) >= 11 is 0. The second-order valence-electron chi connectivity index (χ2n) is 7.16. The summed E-state index contributed by atoms with van der Waals surface area (Å²) in [6.07, 6.45) is 3.59. The molecule has 3 aromatic rings. The van der Waals surface area contributed by atoms with Crippen LogP contribution in [-0.4, -0.2) is 35.9 Å². The van der Waals surface area contributed by atoms with Crippen LogP contribution in [0.15, 0.2) is 79.1 Å². The number of likely N-dealkylation sites (tertiary alicyclic amines) is 1. The lowest BCUT2D eigenvalue weighted by molar-refractivity contribution is -0.119. The van der Waals surface area contributed by atoms with E-state index in [4.69, 9.17) is 0 Å². The first-order chi connectivity index (χ1) is 13.2. The molecule has 2 aromatic carbocycles. The van der Waals surface area contributed by atoms with Gasteiger partial charge in [0.15, 0.2) is 0 Å². The lowest BCUT2D eigenvalue weighted by atomic mass is 9.88. The molecule has 1 fully saturated rings. The quantitative estimate of drug-likeness (QED) is 0.767. The molecular weight excluding hydrogens is 334 g/mol. The third-order valence-corrected chi connectivity index (χ3v) is 5.19. The molecule has 0 aliphatic carbocycles. The normalized spacial score (nSPS) is 19.7. The Morgan fingerprint density at radius 2 is 1.81 bits per heavy atom. The molecule has 2 atom stereocenters. The average Bonchev–Trinajstić information content (AvgIpc) is 3.11. The van der Waals surface area contributed by atoms with Crippen molar-refractivity contribution in [1.29, 1.82) is 0 Å². The molecule has 1 aliphatic rings. The second-order valence-corrected chi connectivity index (χ2v) is 7.16. The minimum absolute atomic E-state index is 0.0561. The predicted molar refractivity (Wildman–Crippen MR) is 108 cm³/mol. The van der Waals surface area contributed by atoms with Crippen LogP contribution in [0, 0.1) is 5.92 Å². The third-order valence-electron chi connectivity index (χ3n) is 5.19. The third kappa shape index (κ3) is 3.91. The van der Waals surface area contributed by atoms with E-state index < -0.39 is 0 Å². The average molecular weight is 357 g/mol. The number of hydrogen-bond donors (Lipinski definition) is 1. The molecule has 0 spiro atoms. The Morgan fingerprint density at radius 1 is 1.00 bits per heavy atom. The van der Waals surface area contributed by atoms with E-state index >= 15 is 0 Å². The van der Waals surface area contributed by atoms with E-state index in [1.807, 2.05) is 60.8 Å². The summed E-state index contributed by atoms with van der Waals surface area (Å²) in [7, 11) is 2.08. The smallest absolute Gasteiger partial charge is 0.229 e. The number of nitrogens with one attached hydrogen (secondary N) is 1. The van der Waals surface area contributed by atoms with Gasteiger partial charge in [-0.15, -0.1) is 0 Å². The van der Waals surface area contributed by atoms with Crippen LogP contribution in [0.25, 0.3) is 11.1 Å². The van der Waals surface area contributed by atoms with Gasteiger partial charge in [-0.05, 0) is 36.4 Å². The number of benzene rings is 2. The second kappa shape index (κ2) is 7.72. The zero-order chi connectivity index (χ0) is 18.6. The van der Waals surface area contributed by atoms with E-state index in [1.165, 1.54) is 5.56 Å². The van der Waals surface area contributed by atoms with Crippen molar-refractivity contribution in [1.82, 2.24) is 9.88 Å². The molecule has 0 bridgehead atoms. The summed E-state index contributed by atoms with van der Waals surface area (Å²) < 4.78 is 0. The molecule has 1 aromatic heterocycles. The fraction of sp³-hybridized carbons (Fsp3) is 0.217. The number of pyridine rings is 1. The highest BCUT2D eigenvalue weighted by Crippen LogP contribution is 2.33. The number of anilines is 1. The maximum Gasteiger partial charge on any atom is 0.229 e.